The third kappa shape index (κ3) is 5.88. The summed E-state index contributed by atoms with van der Waals surface area (Å²) in [5.41, 5.74) is 13.1. The van der Waals surface area contributed by atoms with Crippen molar-refractivity contribution in [2.24, 2.45) is 0 Å². The van der Waals surface area contributed by atoms with Crippen LogP contribution in [-0.4, -0.2) is 30.6 Å². The second-order valence-corrected chi connectivity index (χ2v) is 13.6. The fourth-order valence-corrected chi connectivity index (χ4v) is 7.16. The first-order chi connectivity index (χ1) is 25.5. The molecule has 6 heteroatoms. The van der Waals surface area contributed by atoms with E-state index >= 15 is 0 Å². The van der Waals surface area contributed by atoms with Crippen LogP contribution in [0.2, 0.25) is 0 Å². The summed E-state index contributed by atoms with van der Waals surface area (Å²) >= 11 is 0. The van der Waals surface area contributed by atoms with Crippen LogP contribution >= 0.6 is 0 Å². The number of hydrogen-bond donors (Lipinski definition) is 0. The van der Waals surface area contributed by atoms with Gasteiger partial charge in [0.05, 0.1) is 5.40 Å². The molecule has 0 amide bonds. The first kappa shape index (κ1) is 31.5. The van der Waals surface area contributed by atoms with Gasteiger partial charge in [-0.3, -0.25) is 0 Å². The van der Waals surface area contributed by atoms with Crippen molar-refractivity contribution in [1.82, 2.24) is 15.0 Å². The van der Waals surface area contributed by atoms with E-state index < -0.39 is 5.40 Å². The normalized spacial score (nSPS) is 12.7. The molecule has 0 fully saturated rings. The predicted molar refractivity (Wildman–Crippen MR) is 217 cm³/mol. The van der Waals surface area contributed by atoms with Crippen molar-refractivity contribution >= 4 is 15.7 Å². The second kappa shape index (κ2) is 13.0. The molecule has 7 aromatic carbocycles. The van der Waals surface area contributed by atoms with Gasteiger partial charge in [0.15, 0.2) is 33.2 Å². The molecule has 0 unspecified atom stereocenters. The molecule has 0 radical (unpaired) electrons. The van der Waals surface area contributed by atoms with Gasteiger partial charge in [-0.25, -0.2) is 15.0 Å². The molecule has 9 rings (SSSR count). The Balaban J connectivity index is 1.13. The van der Waals surface area contributed by atoms with Crippen molar-refractivity contribution in [3.05, 3.63) is 181 Å². The molecule has 0 saturated heterocycles. The van der Waals surface area contributed by atoms with Gasteiger partial charge < -0.3 is 4.74 Å². The van der Waals surface area contributed by atoms with Crippen molar-refractivity contribution in [2.75, 3.05) is 0 Å². The van der Waals surface area contributed by atoms with Crippen LogP contribution < -0.4 is 4.74 Å². The van der Waals surface area contributed by atoms with Crippen molar-refractivity contribution in [1.29, 1.82) is 0 Å². The quantitative estimate of drug-likeness (QED) is 0.166. The summed E-state index contributed by atoms with van der Waals surface area (Å²) in [7, 11) is 4.26. The third-order valence-corrected chi connectivity index (χ3v) is 9.80. The second-order valence-electron chi connectivity index (χ2n) is 13.6. The first-order valence-corrected chi connectivity index (χ1v) is 17.6. The van der Waals surface area contributed by atoms with Crippen LogP contribution in [0, 0.1) is 0 Å². The number of ether oxygens (including phenoxy) is 1. The highest BCUT2D eigenvalue weighted by Crippen LogP contribution is 2.47. The predicted octanol–water partition coefficient (Wildman–Crippen LogP) is 9.31. The van der Waals surface area contributed by atoms with Crippen LogP contribution in [0.25, 0.3) is 78.7 Å². The maximum atomic E-state index is 6.55. The standard InChI is InChI=1S/C46H33B2N3O/c47-46(48)40-19-8-7-17-39(40)42-38(18-10-20-41(42)52-46)33-23-27-35(28-24-33)44-49-43(34-25-21-32(22-26-34)30-11-3-1-4-12-30)50-45(51-44)37-16-9-15-36(29-37)31-13-5-2-6-14-31/h1-29H,47-48H2. The number of fused-ring (bicyclic) bond motifs is 3. The largest absolute Gasteiger partial charge is 0.500 e. The molecule has 0 aliphatic carbocycles. The number of benzene rings is 7. The van der Waals surface area contributed by atoms with E-state index in [4.69, 9.17) is 19.7 Å². The molecule has 1 aliphatic heterocycles. The zero-order valence-corrected chi connectivity index (χ0v) is 29.0. The van der Waals surface area contributed by atoms with Gasteiger partial charge in [-0.2, -0.15) is 0 Å². The number of aromatic nitrogens is 3. The van der Waals surface area contributed by atoms with Crippen molar-refractivity contribution in [2.45, 2.75) is 5.40 Å². The van der Waals surface area contributed by atoms with Crippen molar-refractivity contribution in [3.8, 4) is 84.4 Å². The molecular formula is C46H33B2N3O. The van der Waals surface area contributed by atoms with E-state index in [1.165, 1.54) is 16.7 Å². The smallest absolute Gasteiger partial charge is 0.164 e. The van der Waals surface area contributed by atoms with Gasteiger partial charge in [0.2, 0.25) is 0 Å². The van der Waals surface area contributed by atoms with E-state index in [9.17, 15) is 0 Å². The van der Waals surface area contributed by atoms with Gasteiger partial charge in [-0.15, -0.1) is 0 Å². The number of nitrogens with zero attached hydrogens (tertiary/aromatic N) is 3. The monoisotopic (exact) mass is 665 g/mol. The van der Waals surface area contributed by atoms with E-state index in [2.05, 4.69) is 179 Å². The Bertz CT molecular complexity index is 2550. The zero-order chi connectivity index (χ0) is 35.1. The van der Waals surface area contributed by atoms with Crippen LogP contribution in [0.4, 0.5) is 0 Å². The van der Waals surface area contributed by atoms with E-state index in [0.717, 1.165) is 55.8 Å². The van der Waals surface area contributed by atoms with Crippen LogP contribution in [0.5, 0.6) is 5.75 Å². The average Bonchev–Trinajstić information content (AvgIpc) is 3.21. The molecule has 1 aromatic heterocycles. The first-order valence-electron chi connectivity index (χ1n) is 17.6. The minimum atomic E-state index is -0.414. The molecule has 0 N–H and O–H groups in total. The molecule has 244 valence electrons. The van der Waals surface area contributed by atoms with Gasteiger partial charge in [-0.05, 0) is 56.6 Å². The van der Waals surface area contributed by atoms with Gasteiger partial charge in [-0.1, -0.05) is 164 Å². The molecule has 1 aliphatic rings. The van der Waals surface area contributed by atoms with E-state index in [-0.39, 0.29) is 0 Å². The molecular weight excluding hydrogens is 632 g/mol. The molecule has 0 spiro atoms. The lowest BCUT2D eigenvalue weighted by Gasteiger charge is -2.36. The van der Waals surface area contributed by atoms with Gasteiger partial charge in [0, 0.05) is 22.3 Å². The summed E-state index contributed by atoms with van der Waals surface area (Å²) < 4.78 is 6.55. The maximum absolute atomic E-state index is 6.55. The highest BCUT2D eigenvalue weighted by atomic mass is 16.5. The van der Waals surface area contributed by atoms with Crippen molar-refractivity contribution < 1.29 is 4.74 Å². The molecule has 0 bridgehead atoms. The minimum absolute atomic E-state index is 0.414. The summed E-state index contributed by atoms with van der Waals surface area (Å²) in [6.07, 6.45) is 0. The topological polar surface area (TPSA) is 47.9 Å². The summed E-state index contributed by atoms with van der Waals surface area (Å²) in [5.74, 6) is 2.77. The summed E-state index contributed by atoms with van der Waals surface area (Å²) in [4.78, 5) is 15.2. The van der Waals surface area contributed by atoms with Crippen molar-refractivity contribution in [3.63, 3.8) is 0 Å². The minimum Gasteiger partial charge on any atom is -0.500 e. The van der Waals surface area contributed by atoms with E-state index in [0.29, 0.717) is 17.5 Å². The fourth-order valence-electron chi connectivity index (χ4n) is 7.16. The SMILES string of the molecule is BC1(B)Oc2cccc(-c3ccc(-c4nc(-c5ccc(-c6ccccc6)cc5)nc(-c5cccc(-c6ccccc6)c5)n4)cc3)c2-c2ccccc21. The third-order valence-electron chi connectivity index (χ3n) is 9.80. The van der Waals surface area contributed by atoms with Crippen LogP contribution in [-0.2, 0) is 5.40 Å². The Morgan fingerprint density at radius 1 is 0.365 bits per heavy atom. The maximum Gasteiger partial charge on any atom is 0.164 e. The Kier molecular flexibility index (Phi) is 7.85. The zero-order valence-electron chi connectivity index (χ0n) is 29.0. The Labute approximate surface area is 305 Å². The van der Waals surface area contributed by atoms with Crippen LogP contribution in [0.3, 0.4) is 0 Å². The van der Waals surface area contributed by atoms with Gasteiger partial charge in [0.25, 0.3) is 0 Å². The van der Waals surface area contributed by atoms with Gasteiger partial charge in [0.1, 0.15) is 5.75 Å². The Hall–Kier alpha value is -6.52. The Morgan fingerprint density at radius 2 is 0.808 bits per heavy atom. The fraction of sp³-hybridized carbons (Fsp3) is 0.0217. The molecule has 8 aromatic rings. The molecule has 0 saturated carbocycles. The summed E-state index contributed by atoms with van der Waals surface area (Å²) in [6, 6.07) is 61.0. The average molecular weight is 665 g/mol. The van der Waals surface area contributed by atoms with E-state index in [1.54, 1.807) is 0 Å². The van der Waals surface area contributed by atoms with Crippen LogP contribution in [0.15, 0.2) is 176 Å². The number of rotatable bonds is 6. The van der Waals surface area contributed by atoms with E-state index in [1.807, 2.05) is 12.1 Å². The lowest BCUT2D eigenvalue weighted by Crippen LogP contribution is -2.37. The Morgan fingerprint density at radius 3 is 1.46 bits per heavy atom. The molecule has 4 nitrogen and oxygen atoms in total. The highest BCUT2D eigenvalue weighted by molar-refractivity contribution is 6.40. The van der Waals surface area contributed by atoms with Gasteiger partial charge >= 0.3 is 0 Å². The molecule has 0 atom stereocenters. The molecule has 52 heavy (non-hydrogen) atoms. The lowest BCUT2D eigenvalue weighted by molar-refractivity contribution is 0.241. The van der Waals surface area contributed by atoms with Crippen LogP contribution in [0.1, 0.15) is 5.56 Å². The number of hydrogen-bond acceptors (Lipinski definition) is 4. The summed E-state index contributed by atoms with van der Waals surface area (Å²) in [5, 5.41) is -0.414. The lowest BCUT2D eigenvalue weighted by atomic mass is 9.58. The highest BCUT2D eigenvalue weighted by Gasteiger charge is 2.33. The molecule has 2 heterocycles. The summed E-state index contributed by atoms with van der Waals surface area (Å²) in [6.45, 7) is 0.